The summed E-state index contributed by atoms with van der Waals surface area (Å²) in [4.78, 5) is 4.34. The summed E-state index contributed by atoms with van der Waals surface area (Å²) in [6, 6.07) is 0.265. The Balaban J connectivity index is 2.04. The van der Waals surface area contributed by atoms with E-state index in [0.717, 1.165) is 5.69 Å². The Hall–Kier alpha value is -0.450. The largest absolute Gasteiger partial charge is 0.271 e. The van der Waals surface area contributed by atoms with Crippen molar-refractivity contribution >= 4 is 11.3 Å². The highest BCUT2D eigenvalue weighted by atomic mass is 32.1. The molecule has 78 valence electrons. The number of thiazole rings is 1. The summed E-state index contributed by atoms with van der Waals surface area (Å²) in [5, 5.41) is 2.10. The van der Waals surface area contributed by atoms with E-state index in [0.29, 0.717) is 5.92 Å². The van der Waals surface area contributed by atoms with Crippen LogP contribution in [0.5, 0.6) is 0 Å². The molecule has 0 bridgehead atoms. The maximum absolute atomic E-state index is 5.61. The smallest absolute Gasteiger partial charge is 0.0795 e. The number of nitrogens with one attached hydrogen (secondary N) is 1. The number of nitrogens with two attached hydrogens (primary N) is 1. The Morgan fingerprint density at radius 3 is 2.79 bits per heavy atom. The average molecular weight is 211 g/mol. The molecule has 1 saturated carbocycles. The van der Waals surface area contributed by atoms with Crippen molar-refractivity contribution in [2.24, 2.45) is 11.8 Å². The van der Waals surface area contributed by atoms with Gasteiger partial charge in [-0.2, -0.15) is 0 Å². The lowest BCUT2D eigenvalue weighted by Crippen LogP contribution is -2.34. The highest BCUT2D eigenvalue weighted by Crippen LogP contribution is 2.33. The molecule has 1 aliphatic carbocycles. The SMILES string of the molecule is NNC(c1cscn1)C1CCCCC1. The first kappa shape index (κ1) is 10.1. The molecule has 0 spiro atoms. The minimum Gasteiger partial charge on any atom is -0.271 e. The van der Waals surface area contributed by atoms with Crippen LogP contribution in [0.2, 0.25) is 0 Å². The van der Waals surface area contributed by atoms with Gasteiger partial charge in [0.05, 0.1) is 17.2 Å². The monoisotopic (exact) mass is 211 g/mol. The summed E-state index contributed by atoms with van der Waals surface area (Å²) in [5.41, 5.74) is 5.91. The van der Waals surface area contributed by atoms with E-state index >= 15 is 0 Å². The van der Waals surface area contributed by atoms with Crippen LogP contribution in [-0.4, -0.2) is 4.98 Å². The maximum atomic E-state index is 5.61. The minimum atomic E-state index is 0.265. The van der Waals surface area contributed by atoms with Crippen molar-refractivity contribution in [2.75, 3.05) is 0 Å². The van der Waals surface area contributed by atoms with Gasteiger partial charge in [-0.3, -0.25) is 11.3 Å². The van der Waals surface area contributed by atoms with Crippen LogP contribution >= 0.6 is 11.3 Å². The lowest BCUT2D eigenvalue weighted by atomic mass is 9.83. The summed E-state index contributed by atoms with van der Waals surface area (Å²) >= 11 is 1.64. The van der Waals surface area contributed by atoms with Crippen LogP contribution < -0.4 is 11.3 Å². The fourth-order valence-corrected chi connectivity index (χ4v) is 2.90. The summed E-state index contributed by atoms with van der Waals surface area (Å²) in [5.74, 6) is 6.29. The Morgan fingerprint density at radius 1 is 1.43 bits per heavy atom. The maximum Gasteiger partial charge on any atom is 0.0795 e. The predicted molar refractivity (Wildman–Crippen MR) is 58.8 cm³/mol. The van der Waals surface area contributed by atoms with E-state index < -0.39 is 0 Å². The number of rotatable bonds is 3. The highest BCUT2D eigenvalue weighted by molar-refractivity contribution is 7.07. The lowest BCUT2D eigenvalue weighted by Gasteiger charge is -2.28. The molecular weight excluding hydrogens is 194 g/mol. The Morgan fingerprint density at radius 2 is 2.21 bits per heavy atom. The molecule has 0 amide bonds. The molecule has 2 rings (SSSR count). The Kier molecular flexibility index (Phi) is 3.50. The Bertz CT molecular complexity index is 254. The highest BCUT2D eigenvalue weighted by Gasteiger charge is 2.25. The molecule has 14 heavy (non-hydrogen) atoms. The third-order valence-electron chi connectivity index (χ3n) is 3.07. The van der Waals surface area contributed by atoms with E-state index in [1.165, 1.54) is 32.1 Å². The van der Waals surface area contributed by atoms with Crippen molar-refractivity contribution in [3.05, 3.63) is 16.6 Å². The number of hydrogen-bond donors (Lipinski definition) is 2. The van der Waals surface area contributed by atoms with E-state index in [9.17, 15) is 0 Å². The second-order valence-corrected chi connectivity index (χ2v) is 4.67. The predicted octanol–water partition coefficient (Wildman–Crippen LogP) is 2.23. The first-order chi connectivity index (χ1) is 6.92. The second kappa shape index (κ2) is 4.87. The third-order valence-corrected chi connectivity index (χ3v) is 3.68. The molecule has 0 aromatic carbocycles. The van der Waals surface area contributed by atoms with Gasteiger partial charge < -0.3 is 0 Å². The zero-order valence-corrected chi connectivity index (χ0v) is 9.09. The van der Waals surface area contributed by atoms with Crippen LogP contribution in [-0.2, 0) is 0 Å². The quantitative estimate of drug-likeness (QED) is 0.595. The van der Waals surface area contributed by atoms with Crippen molar-refractivity contribution in [1.82, 2.24) is 10.4 Å². The fourth-order valence-electron chi connectivity index (χ4n) is 2.31. The van der Waals surface area contributed by atoms with Gasteiger partial charge in [0, 0.05) is 5.38 Å². The summed E-state index contributed by atoms with van der Waals surface area (Å²) in [6.45, 7) is 0. The van der Waals surface area contributed by atoms with Crippen molar-refractivity contribution in [3.63, 3.8) is 0 Å². The number of nitrogens with zero attached hydrogens (tertiary/aromatic N) is 1. The van der Waals surface area contributed by atoms with Crippen LogP contribution in [0, 0.1) is 5.92 Å². The van der Waals surface area contributed by atoms with Gasteiger partial charge in [-0.1, -0.05) is 19.3 Å². The van der Waals surface area contributed by atoms with Gasteiger partial charge in [-0.25, -0.2) is 4.98 Å². The van der Waals surface area contributed by atoms with Crippen LogP contribution in [0.15, 0.2) is 10.9 Å². The van der Waals surface area contributed by atoms with Crippen molar-refractivity contribution in [2.45, 2.75) is 38.1 Å². The normalized spacial score (nSPS) is 20.9. The fraction of sp³-hybridized carbons (Fsp3) is 0.700. The zero-order chi connectivity index (χ0) is 9.80. The number of hydrazine groups is 1. The molecule has 1 unspecified atom stereocenters. The molecule has 1 aromatic rings. The summed E-state index contributed by atoms with van der Waals surface area (Å²) in [7, 11) is 0. The van der Waals surface area contributed by atoms with Gasteiger partial charge in [-0.05, 0) is 18.8 Å². The molecule has 1 atom stereocenters. The van der Waals surface area contributed by atoms with Crippen LogP contribution in [0.3, 0.4) is 0 Å². The molecule has 1 aromatic heterocycles. The van der Waals surface area contributed by atoms with E-state index in [1.54, 1.807) is 11.3 Å². The minimum absolute atomic E-state index is 0.265. The van der Waals surface area contributed by atoms with Crippen molar-refractivity contribution in [1.29, 1.82) is 0 Å². The van der Waals surface area contributed by atoms with E-state index in [-0.39, 0.29) is 6.04 Å². The van der Waals surface area contributed by atoms with Gasteiger partial charge in [-0.15, -0.1) is 11.3 Å². The molecule has 1 fully saturated rings. The summed E-state index contributed by atoms with van der Waals surface area (Å²) in [6.07, 6.45) is 6.63. The molecule has 3 nitrogen and oxygen atoms in total. The van der Waals surface area contributed by atoms with E-state index in [1.807, 2.05) is 5.51 Å². The van der Waals surface area contributed by atoms with E-state index in [4.69, 9.17) is 5.84 Å². The van der Waals surface area contributed by atoms with Gasteiger partial charge in [0.25, 0.3) is 0 Å². The van der Waals surface area contributed by atoms with Gasteiger partial charge in [0.15, 0.2) is 0 Å². The van der Waals surface area contributed by atoms with Crippen LogP contribution in [0.25, 0.3) is 0 Å². The van der Waals surface area contributed by atoms with Crippen molar-refractivity contribution < 1.29 is 0 Å². The molecule has 0 radical (unpaired) electrons. The Labute approximate surface area is 88.7 Å². The lowest BCUT2D eigenvalue weighted by molar-refractivity contribution is 0.270. The van der Waals surface area contributed by atoms with Gasteiger partial charge >= 0.3 is 0 Å². The molecule has 4 heteroatoms. The van der Waals surface area contributed by atoms with Crippen LogP contribution in [0.4, 0.5) is 0 Å². The van der Waals surface area contributed by atoms with E-state index in [2.05, 4.69) is 15.8 Å². The second-order valence-electron chi connectivity index (χ2n) is 3.96. The first-order valence-electron chi connectivity index (χ1n) is 5.26. The topological polar surface area (TPSA) is 50.9 Å². The average Bonchev–Trinajstić information content (AvgIpc) is 2.74. The van der Waals surface area contributed by atoms with Crippen LogP contribution in [0.1, 0.15) is 43.8 Å². The molecule has 3 N–H and O–H groups in total. The van der Waals surface area contributed by atoms with Gasteiger partial charge in [0.2, 0.25) is 0 Å². The molecule has 0 aliphatic heterocycles. The molecule has 0 saturated heterocycles. The molecular formula is C10H17N3S. The number of hydrogen-bond acceptors (Lipinski definition) is 4. The molecule has 1 heterocycles. The zero-order valence-electron chi connectivity index (χ0n) is 8.28. The molecule has 1 aliphatic rings. The van der Waals surface area contributed by atoms with Gasteiger partial charge in [0.1, 0.15) is 0 Å². The summed E-state index contributed by atoms with van der Waals surface area (Å²) < 4.78 is 0. The van der Waals surface area contributed by atoms with Crippen molar-refractivity contribution in [3.8, 4) is 0 Å². The number of aromatic nitrogens is 1. The third kappa shape index (κ3) is 2.13. The first-order valence-corrected chi connectivity index (χ1v) is 6.20. The standard InChI is InChI=1S/C10H17N3S/c11-13-10(9-6-14-7-12-9)8-4-2-1-3-5-8/h6-8,10,13H,1-5,11H2.